The third kappa shape index (κ3) is 11.0. The van der Waals surface area contributed by atoms with Gasteiger partial charge in [0.2, 0.25) is 0 Å². The molecular weight excluding hydrogens is 310 g/mol. The molecule has 0 amide bonds. The molecule has 1 heteroatoms. The van der Waals surface area contributed by atoms with Crippen LogP contribution < -0.4 is 0 Å². The van der Waals surface area contributed by atoms with Crippen molar-refractivity contribution in [1.82, 2.24) is 0 Å². The van der Waals surface area contributed by atoms with Crippen molar-refractivity contribution in [3.8, 4) is 0 Å². The van der Waals surface area contributed by atoms with Crippen molar-refractivity contribution in [3.05, 3.63) is 0 Å². The molecule has 0 aliphatic rings. The minimum absolute atomic E-state index is 0. The summed E-state index contributed by atoms with van der Waals surface area (Å²) in [6, 6.07) is 0. The summed E-state index contributed by atoms with van der Waals surface area (Å²) in [7, 11) is 0. The molecule has 0 spiro atoms. The normalized spacial score (nSPS) is 7.71. The Hall–Kier alpha value is 1.05. The largest absolute Gasteiger partial charge is 0.0654 e. The Morgan fingerprint density at radius 2 is 1.14 bits per heavy atom. The molecule has 0 N–H and O–H groups in total. The van der Waals surface area contributed by atoms with E-state index in [0.717, 1.165) is 0 Å². The van der Waals surface area contributed by atoms with Crippen LogP contribution in [0.2, 0.25) is 0 Å². The molecule has 0 heterocycles. The summed E-state index contributed by atoms with van der Waals surface area (Å²) in [4.78, 5) is 0. The van der Waals surface area contributed by atoms with E-state index in [1.165, 1.54) is 25.7 Å². The van der Waals surface area contributed by atoms with Crippen LogP contribution in [-0.4, -0.2) is 0 Å². The molecule has 0 radical (unpaired) electrons. The smallest absolute Gasteiger partial charge is 0 e. The second-order valence-electron chi connectivity index (χ2n) is 1.71. The molecule has 0 aromatic carbocycles. The number of hydrogen-bond acceptors (Lipinski definition) is 0. The second kappa shape index (κ2) is 10.1. The van der Waals surface area contributed by atoms with E-state index in [9.17, 15) is 0 Å². The van der Waals surface area contributed by atoms with Crippen LogP contribution in [0.5, 0.6) is 0 Å². The minimum atomic E-state index is 0. The standard InChI is InChI=1S/C6H14.U/c1-3-5-6-4-2;/h3-6H2,1-2H3;. The van der Waals surface area contributed by atoms with Gasteiger partial charge in [0, 0.05) is 31.1 Å². The summed E-state index contributed by atoms with van der Waals surface area (Å²) >= 11 is 0. The van der Waals surface area contributed by atoms with E-state index in [2.05, 4.69) is 13.8 Å². The predicted octanol–water partition coefficient (Wildman–Crippen LogP) is 2.59. The zero-order valence-corrected chi connectivity index (χ0v) is 9.49. The Bertz CT molecular complexity index is 16.1. The zero-order valence-electron chi connectivity index (χ0n) is 5.33. The Morgan fingerprint density at radius 1 is 0.857 bits per heavy atom. The van der Waals surface area contributed by atoms with Gasteiger partial charge >= 0.3 is 0 Å². The molecule has 7 heavy (non-hydrogen) atoms. The fraction of sp³-hybridized carbons (Fsp3) is 1.00. The maximum absolute atomic E-state index is 2.23. The van der Waals surface area contributed by atoms with Gasteiger partial charge < -0.3 is 0 Å². The van der Waals surface area contributed by atoms with Gasteiger partial charge in [-0.3, -0.25) is 0 Å². The van der Waals surface area contributed by atoms with Crippen LogP contribution in [0, 0.1) is 31.1 Å². The summed E-state index contributed by atoms with van der Waals surface area (Å²) in [5.41, 5.74) is 0. The average molecular weight is 324 g/mol. The van der Waals surface area contributed by atoms with Gasteiger partial charge in [0.05, 0.1) is 0 Å². The van der Waals surface area contributed by atoms with Gasteiger partial charge in [-0.2, -0.15) is 0 Å². The van der Waals surface area contributed by atoms with Crippen molar-refractivity contribution >= 4 is 0 Å². The number of rotatable bonds is 3. The van der Waals surface area contributed by atoms with Crippen molar-refractivity contribution in [2.45, 2.75) is 39.5 Å². The van der Waals surface area contributed by atoms with Crippen LogP contribution in [0.25, 0.3) is 0 Å². The van der Waals surface area contributed by atoms with E-state index < -0.39 is 0 Å². The SMILES string of the molecule is CCCCCC.[U]. The van der Waals surface area contributed by atoms with E-state index >= 15 is 0 Å². The molecule has 0 aromatic rings. The Morgan fingerprint density at radius 3 is 1.29 bits per heavy atom. The molecule has 0 aliphatic heterocycles. The minimum Gasteiger partial charge on any atom is -0.0654 e. The summed E-state index contributed by atoms with van der Waals surface area (Å²) in [6.07, 6.45) is 5.54. The monoisotopic (exact) mass is 324 g/mol. The zero-order chi connectivity index (χ0) is 4.83. The van der Waals surface area contributed by atoms with Crippen molar-refractivity contribution in [1.29, 1.82) is 0 Å². The molecule has 0 rings (SSSR count). The predicted molar refractivity (Wildman–Crippen MR) is 29.8 cm³/mol. The van der Waals surface area contributed by atoms with Crippen molar-refractivity contribution in [3.63, 3.8) is 0 Å². The van der Waals surface area contributed by atoms with Gasteiger partial charge in [-0.1, -0.05) is 39.5 Å². The number of hydrogen-bond donors (Lipinski definition) is 0. The molecular formula is C6H14U. The first-order valence-electron chi connectivity index (χ1n) is 2.91. The molecule has 0 unspecified atom stereocenters. The topological polar surface area (TPSA) is 0 Å². The molecule has 0 nitrogen and oxygen atoms in total. The van der Waals surface area contributed by atoms with Crippen molar-refractivity contribution in [2.24, 2.45) is 0 Å². The van der Waals surface area contributed by atoms with E-state index in [1.54, 1.807) is 0 Å². The van der Waals surface area contributed by atoms with Gasteiger partial charge in [0.25, 0.3) is 0 Å². The van der Waals surface area contributed by atoms with Crippen LogP contribution >= 0.6 is 0 Å². The first kappa shape index (κ1) is 10.9. The third-order valence-corrected chi connectivity index (χ3v) is 0.957. The van der Waals surface area contributed by atoms with Gasteiger partial charge in [0.1, 0.15) is 0 Å². The Labute approximate surface area is 70.4 Å². The summed E-state index contributed by atoms with van der Waals surface area (Å²) in [5.74, 6) is 0. The summed E-state index contributed by atoms with van der Waals surface area (Å²) in [5, 5.41) is 0. The molecule has 0 aromatic heterocycles. The van der Waals surface area contributed by atoms with Crippen LogP contribution in [0.4, 0.5) is 0 Å². The fourth-order valence-electron chi connectivity index (χ4n) is 0.500. The van der Waals surface area contributed by atoms with Crippen LogP contribution in [0.3, 0.4) is 0 Å². The first-order valence-corrected chi connectivity index (χ1v) is 2.91. The quantitative estimate of drug-likeness (QED) is 0.700. The van der Waals surface area contributed by atoms with Gasteiger partial charge in [-0.05, 0) is 0 Å². The molecule has 0 fully saturated rings. The van der Waals surface area contributed by atoms with E-state index in [0.29, 0.717) is 0 Å². The van der Waals surface area contributed by atoms with E-state index in [1.807, 2.05) is 0 Å². The van der Waals surface area contributed by atoms with Crippen LogP contribution in [-0.2, 0) is 0 Å². The van der Waals surface area contributed by atoms with Crippen LogP contribution in [0.15, 0.2) is 0 Å². The molecule has 0 aliphatic carbocycles. The fourth-order valence-corrected chi connectivity index (χ4v) is 0.500. The molecule has 0 saturated heterocycles. The third-order valence-electron chi connectivity index (χ3n) is 0.957. The van der Waals surface area contributed by atoms with Gasteiger partial charge in [-0.25, -0.2) is 0 Å². The van der Waals surface area contributed by atoms with Crippen molar-refractivity contribution in [2.75, 3.05) is 0 Å². The second-order valence-corrected chi connectivity index (χ2v) is 1.71. The number of unbranched alkanes of at least 4 members (excludes halogenated alkanes) is 3. The van der Waals surface area contributed by atoms with Gasteiger partial charge in [-0.15, -0.1) is 0 Å². The molecule has 0 bridgehead atoms. The van der Waals surface area contributed by atoms with Crippen LogP contribution in [0.1, 0.15) is 39.5 Å². The molecule has 0 saturated carbocycles. The maximum Gasteiger partial charge on any atom is 0 e. The Balaban J connectivity index is 0. The molecule has 42 valence electrons. The molecule has 0 atom stereocenters. The van der Waals surface area contributed by atoms with E-state index in [4.69, 9.17) is 0 Å². The Kier molecular flexibility index (Phi) is 15.8. The van der Waals surface area contributed by atoms with E-state index in [-0.39, 0.29) is 31.1 Å². The van der Waals surface area contributed by atoms with Gasteiger partial charge in [0.15, 0.2) is 0 Å². The summed E-state index contributed by atoms with van der Waals surface area (Å²) < 4.78 is 0. The average Bonchev–Trinajstić information content (AvgIpc) is 1.61. The maximum atomic E-state index is 2.23. The first-order chi connectivity index (χ1) is 2.91. The summed E-state index contributed by atoms with van der Waals surface area (Å²) in [6.45, 7) is 4.46. The van der Waals surface area contributed by atoms with Crippen molar-refractivity contribution < 1.29 is 31.1 Å².